The maximum absolute atomic E-state index is 11.8. The maximum Gasteiger partial charge on any atom is 0.327 e. The lowest BCUT2D eigenvalue weighted by molar-refractivity contribution is -0.147. The van der Waals surface area contributed by atoms with Crippen molar-refractivity contribution in [2.75, 3.05) is 11.9 Å². The molecule has 30 heavy (non-hydrogen) atoms. The van der Waals surface area contributed by atoms with E-state index in [1.165, 1.54) is 4.68 Å². The number of esters is 1. The number of carbonyl (C=O) groups excluding carboxylic acids is 1. The molecule has 1 unspecified atom stereocenters. The summed E-state index contributed by atoms with van der Waals surface area (Å²) in [6.45, 7) is 9.12. The van der Waals surface area contributed by atoms with E-state index in [0.29, 0.717) is 23.5 Å². The molecule has 2 N–H and O–H groups in total. The lowest BCUT2D eigenvalue weighted by Gasteiger charge is -2.20. The van der Waals surface area contributed by atoms with Crippen molar-refractivity contribution in [2.45, 2.75) is 53.3 Å². The Morgan fingerprint density at radius 3 is 2.80 bits per heavy atom. The van der Waals surface area contributed by atoms with Gasteiger partial charge in [-0.05, 0) is 24.8 Å². The largest absolute Gasteiger partial charge is 0.462 e. The molecule has 9 heteroatoms. The zero-order chi connectivity index (χ0) is 21.7. The molecule has 3 aromatic heterocycles. The van der Waals surface area contributed by atoms with E-state index >= 15 is 0 Å². The van der Waals surface area contributed by atoms with Crippen molar-refractivity contribution in [2.24, 2.45) is 11.8 Å². The summed E-state index contributed by atoms with van der Waals surface area (Å²) < 4.78 is 8.59. The minimum Gasteiger partial charge on any atom is -0.462 e. The molecule has 0 aliphatic carbocycles. The van der Waals surface area contributed by atoms with Crippen LogP contribution in [0.1, 0.15) is 34.1 Å². The van der Waals surface area contributed by atoms with Gasteiger partial charge in [0, 0.05) is 30.5 Å². The number of nitrogens with one attached hydrogen (secondary N) is 1. The minimum absolute atomic E-state index is 0.0333. The van der Waals surface area contributed by atoms with Crippen LogP contribution in [0.15, 0.2) is 30.9 Å². The average molecular weight is 415 g/mol. The third-order valence-corrected chi connectivity index (χ3v) is 5.07. The number of ether oxygens (including phenoxy) is 1. The van der Waals surface area contributed by atoms with Crippen LogP contribution in [-0.4, -0.2) is 48.1 Å². The van der Waals surface area contributed by atoms with Gasteiger partial charge in [0.05, 0.1) is 18.0 Å². The molecule has 3 aromatic rings. The van der Waals surface area contributed by atoms with Gasteiger partial charge in [-0.1, -0.05) is 27.2 Å². The van der Waals surface area contributed by atoms with E-state index in [1.54, 1.807) is 25.5 Å². The molecule has 0 spiro atoms. The normalized spacial score (nSPS) is 13.5. The third kappa shape index (κ3) is 5.56. The molecule has 162 valence electrons. The summed E-state index contributed by atoms with van der Waals surface area (Å²) in [6.07, 6.45) is 7.57. The van der Waals surface area contributed by atoms with E-state index in [-0.39, 0.29) is 13.2 Å². The van der Waals surface area contributed by atoms with Crippen molar-refractivity contribution in [3.8, 4) is 0 Å². The van der Waals surface area contributed by atoms with Gasteiger partial charge in [-0.3, -0.25) is 9.48 Å². The van der Waals surface area contributed by atoms with E-state index in [0.717, 1.165) is 24.0 Å². The number of carbonyl (C=O) groups is 1. The van der Waals surface area contributed by atoms with Gasteiger partial charge in [-0.2, -0.15) is 10.1 Å². The van der Waals surface area contributed by atoms with Crippen LogP contribution in [0.4, 0.5) is 11.6 Å². The fraction of sp³-hybridized carbons (Fsp3) is 0.524. The number of aliphatic hydroxyl groups is 1. The Balaban J connectivity index is 1.68. The molecule has 3 rings (SSSR count). The van der Waals surface area contributed by atoms with Crippen LogP contribution in [0.5, 0.6) is 0 Å². The second kappa shape index (κ2) is 9.71. The van der Waals surface area contributed by atoms with Gasteiger partial charge in [0.15, 0.2) is 0 Å². The standard InChI is InChI=1S/C21H30N6O3/c1-5-16(14(2)3)10-26-7-6-17-8-22-21(25-20(17)26)24-18-9-23-27(11-18)12-19(29)30-13-15(4)28/h6-9,11,14-16,28H,5,10,12-13H2,1-4H3,(H,22,24,25)/t15-,16?/m0/s1. The molecule has 0 saturated carbocycles. The third-order valence-electron chi connectivity index (χ3n) is 5.07. The van der Waals surface area contributed by atoms with Crippen molar-refractivity contribution in [3.63, 3.8) is 0 Å². The number of rotatable bonds is 10. The molecular weight excluding hydrogens is 384 g/mol. The number of anilines is 2. The lowest BCUT2D eigenvalue weighted by Crippen LogP contribution is -2.19. The second-order valence-corrected chi connectivity index (χ2v) is 7.94. The Kier molecular flexibility index (Phi) is 7.04. The molecule has 0 bridgehead atoms. The molecule has 0 fully saturated rings. The summed E-state index contributed by atoms with van der Waals surface area (Å²) in [5.74, 6) is 1.19. The molecular formula is C21H30N6O3. The highest BCUT2D eigenvalue weighted by Crippen LogP contribution is 2.22. The number of hydrogen-bond acceptors (Lipinski definition) is 7. The van der Waals surface area contributed by atoms with Crippen LogP contribution in [0, 0.1) is 11.8 Å². The molecule has 0 saturated heterocycles. The zero-order valence-electron chi connectivity index (χ0n) is 17.9. The summed E-state index contributed by atoms with van der Waals surface area (Å²) >= 11 is 0. The SMILES string of the molecule is CCC(Cn1ccc2cnc(Nc3cnn(CC(=O)OC[C@H](C)O)c3)nc21)C(C)C. The first-order chi connectivity index (χ1) is 14.4. The maximum atomic E-state index is 11.8. The van der Waals surface area contributed by atoms with Crippen molar-refractivity contribution >= 4 is 28.6 Å². The topological polar surface area (TPSA) is 107 Å². The van der Waals surface area contributed by atoms with Gasteiger partial charge in [-0.15, -0.1) is 0 Å². The summed E-state index contributed by atoms with van der Waals surface area (Å²) in [4.78, 5) is 20.8. The Hall–Kier alpha value is -2.94. The smallest absolute Gasteiger partial charge is 0.327 e. The number of nitrogens with zero attached hydrogens (tertiary/aromatic N) is 5. The molecule has 2 atom stereocenters. The fourth-order valence-electron chi connectivity index (χ4n) is 3.28. The number of hydrogen-bond donors (Lipinski definition) is 2. The minimum atomic E-state index is -0.692. The molecule has 0 aromatic carbocycles. The Bertz CT molecular complexity index is 978. The van der Waals surface area contributed by atoms with E-state index in [2.05, 4.69) is 51.9 Å². The van der Waals surface area contributed by atoms with E-state index in [4.69, 9.17) is 4.74 Å². The molecule has 0 aliphatic heterocycles. The van der Waals surface area contributed by atoms with E-state index < -0.39 is 12.1 Å². The number of fused-ring (bicyclic) bond motifs is 1. The van der Waals surface area contributed by atoms with Gasteiger partial charge in [0.1, 0.15) is 18.8 Å². The van der Waals surface area contributed by atoms with Crippen LogP contribution < -0.4 is 5.32 Å². The Labute approximate surface area is 176 Å². The highest BCUT2D eigenvalue weighted by Gasteiger charge is 2.14. The van der Waals surface area contributed by atoms with Crippen molar-refractivity contribution < 1.29 is 14.6 Å². The Morgan fingerprint density at radius 2 is 2.10 bits per heavy atom. The highest BCUT2D eigenvalue weighted by atomic mass is 16.5. The first kappa shape index (κ1) is 21.8. The van der Waals surface area contributed by atoms with Crippen LogP contribution in [0.25, 0.3) is 11.0 Å². The molecule has 0 amide bonds. The van der Waals surface area contributed by atoms with Crippen molar-refractivity contribution in [1.82, 2.24) is 24.3 Å². The summed E-state index contributed by atoms with van der Waals surface area (Å²) in [7, 11) is 0. The fourth-order valence-corrected chi connectivity index (χ4v) is 3.28. The van der Waals surface area contributed by atoms with Gasteiger partial charge in [0.2, 0.25) is 5.95 Å². The first-order valence-electron chi connectivity index (χ1n) is 10.3. The predicted molar refractivity (Wildman–Crippen MR) is 114 cm³/mol. The molecule has 3 heterocycles. The predicted octanol–water partition coefficient (Wildman–Crippen LogP) is 2.98. The average Bonchev–Trinajstić information content (AvgIpc) is 3.30. The quantitative estimate of drug-likeness (QED) is 0.491. The number of aliphatic hydroxyl groups excluding tert-OH is 1. The van der Waals surface area contributed by atoms with Crippen LogP contribution in [0.3, 0.4) is 0 Å². The molecule has 0 radical (unpaired) electrons. The van der Waals surface area contributed by atoms with Gasteiger partial charge < -0.3 is 19.7 Å². The van der Waals surface area contributed by atoms with Crippen LogP contribution >= 0.6 is 0 Å². The van der Waals surface area contributed by atoms with E-state index in [1.807, 2.05) is 6.07 Å². The second-order valence-electron chi connectivity index (χ2n) is 7.94. The first-order valence-corrected chi connectivity index (χ1v) is 10.3. The van der Waals surface area contributed by atoms with E-state index in [9.17, 15) is 9.90 Å². The van der Waals surface area contributed by atoms with Crippen molar-refractivity contribution in [3.05, 3.63) is 30.9 Å². The monoisotopic (exact) mass is 414 g/mol. The van der Waals surface area contributed by atoms with Gasteiger partial charge in [0.25, 0.3) is 0 Å². The highest BCUT2D eigenvalue weighted by molar-refractivity contribution is 5.76. The van der Waals surface area contributed by atoms with Crippen molar-refractivity contribution in [1.29, 1.82) is 0 Å². The van der Waals surface area contributed by atoms with Crippen LogP contribution in [0.2, 0.25) is 0 Å². The molecule has 9 nitrogen and oxygen atoms in total. The molecule has 0 aliphatic rings. The summed E-state index contributed by atoms with van der Waals surface area (Å²) in [5, 5.41) is 17.5. The summed E-state index contributed by atoms with van der Waals surface area (Å²) in [5.41, 5.74) is 1.56. The van der Waals surface area contributed by atoms with Gasteiger partial charge in [-0.25, -0.2) is 4.98 Å². The zero-order valence-corrected chi connectivity index (χ0v) is 17.9. The van der Waals surface area contributed by atoms with Crippen LogP contribution in [-0.2, 0) is 22.6 Å². The summed E-state index contributed by atoms with van der Waals surface area (Å²) in [6, 6.07) is 2.03. The Morgan fingerprint density at radius 1 is 1.30 bits per heavy atom. The van der Waals surface area contributed by atoms with Gasteiger partial charge >= 0.3 is 5.97 Å². The lowest BCUT2D eigenvalue weighted by atomic mass is 9.93. The number of aromatic nitrogens is 5.